The van der Waals surface area contributed by atoms with Crippen LogP contribution in [0.4, 0.5) is 11.4 Å². The lowest BCUT2D eigenvalue weighted by molar-refractivity contribution is -0.385. The number of nitrogens with zero attached hydrogens (tertiary/aromatic N) is 4. The highest BCUT2D eigenvalue weighted by Gasteiger charge is 2.52. The number of nitro benzene ring substituents is 2. The summed E-state index contributed by atoms with van der Waals surface area (Å²) in [7, 11) is 0. The van der Waals surface area contributed by atoms with E-state index in [1.165, 1.54) is 28.8 Å². The first kappa shape index (κ1) is 31.2. The first-order chi connectivity index (χ1) is 19.9. The minimum absolute atomic E-state index is 0.00939. The lowest BCUT2D eigenvalue weighted by Gasteiger charge is -2.24. The molecule has 1 aromatic heterocycles. The van der Waals surface area contributed by atoms with Gasteiger partial charge in [-0.3, -0.25) is 29.6 Å². The van der Waals surface area contributed by atoms with Crippen LogP contribution in [0.1, 0.15) is 33.9 Å². The maximum atomic E-state index is 13.1. The number of aromatic nitrogens is 2. The Hall–Kier alpha value is -3.74. The number of halogens is 3. The minimum Gasteiger partial charge on any atom is -0.459 e. The molecule has 220 valence electrons. The van der Waals surface area contributed by atoms with E-state index in [4.69, 9.17) is 18.9 Å². The number of rotatable bonds is 9. The van der Waals surface area contributed by atoms with E-state index in [0.29, 0.717) is 9.21 Å². The largest absolute Gasteiger partial charge is 0.459 e. The number of imidazole rings is 1. The topological polar surface area (TPSA) is 192 Å². The van der Waals surface area contributed by atoms with Crippen LogP contribution in [0, 0.1) is 20.2 Å². The number of ether oxygens (including phenoxy) is 4. The number of esters is 3. The zero-order chi connectivity index (χ0) is 30.7. The van der Waals surface area contributed by atoms with E-state index in [1.54, 1.807) is 0 Å². The molecule has 1 saturated heterocycles. The highest BCUT2D eigenvalue weighted by Crippen LogP contribution is 2.40. The van der Waals surface area contributed by atoms with E-state index >= 15 is 0 Å². The molecule has 1 aliphatic heterocycles. The van der Waals surface area contributed by atoms with Crippen LogP contribution in [0.2, 0.25) is 0 Å². The maximum absolute atomic E-state index is 13.1. The van der Waals surface area contributed by atoms with Gasteiger partial charge in [0, 0.05) is 31.2 Å². The van der Waals surface area contributed by atoms with Gasteiger partial charge < -0.3 is 18.9 Å². The molecule has 4 rings (SSSR count). The Bertz CT molecular complexity index is 1550. The van der Waals surface area contributed by atoms with Crippen molar-refractivity contribution in [3.8, 4) is 0 Å². The van der Waals surface area contributed by atoms with Gasteiger partial charge in [0.1, 0.15) is 21.9 Å². The van der Waals surface area contributed by atoms with Gasteiger partial charge in [0.2, 0.25) is 0 Å². The average molecular weight is 777 g/mol. The fourth-order valence-electron chi connectivity index (χ4n) is 3.96. The summed E-state index contributed by atoms with van der Waals surface area (Å²) in [6.45, 7) is 0.648. The average Bonchev–Trinajstić information content (AvgIpc) is 3.40. The molecule has 0 N–H and O–H groups in total. The highest BCUT2D eigenvalue weighted by molar-refractivity contribution is 9.13. The third kappa shape index (κ3) is 6.83. The molecular weight excluding hydrogens is 760 g/mol. The van der Waals surface area contributed by atoms with Crippen molar-refractivity contribution in [2.75, 3.05) is 6.61 Å². The third-order valence-electron chi connectivity index (χ3n) is 5.86. The third-order valence-corrected chi connectivity index (χ3v) is 8.26. The quantitative estimate of drug-likeness (QED) is 0.124. The molecule has 18 heteroatoms. The summed E-state index contributed by atoms with van der Waals surface area (Å²) >= 11 is 9.94. The summed E-state index contributed by atoms with van der Waals surface area (Å²) < 4.78 is 25.1. The number of non-ortho nitro benzene ring substituents is 2. The van der Waals surface area contributed by atoms with E-state index in [1.807, 2.05) is 0 Å². The fraction of sp³-hybridized carbons (Fsp3) is 0.250. The summed E-state index contributed by atoms with van der Waals surface area (Å²) in [5.74, 6) is -2.51. The van der Waals surface area contributed by atoms with Gasteiger partial charge >= 0.3 is 17.9 Å². The Morgan fingerprint density at radius 3 is 1.86 bits per heavy atom. The van der Waals surface area contributed by atoms with E-state index in [0.717, 1.165) is 31.2 Å². The molecule has 0 radical (unpaired) electrons. The van der Waals surface area contributed by atoms with Crippen molar-refractivity contribution >= 4 is 77.1 Å². The van der Waals surface area contributed by atoms with Crippen molar-refractivity contribution in [2.24, 2.45) is 0 Å². The normalized spacial score (nSPS) is 19.6. The number of benzene rings is 2. The molecule has 2 heterocycles. The van der Waals surface area contributed by atoms with Crippen LogP contribution >= 0.6 is 47.8 Å². The van der Waals surface area contributed by atoms with E-state index in [9.17, 15) is 34.6 Å². The van der Waals surface area contributed by atoms with Gasteiger partial charge in [-0.15, -0.1) is 0 Å². The first-order valence-electron chi connectivity index (χ1n) is 11.7. The molecule has 4 atom stereocenters. The number of nitro groups is 2. The van der Waals surface area contributed by atoms with Crippen LogP contribution in [0.5, 0.6) is 0 Å². The van der Waals surface area contributed by atoms with Gasteiger partial charge in [-0.25, -0.2) is 14.6 Å². The molecule has 1 aliphatic rings. The second kappa shape index (κ2) is 13.1. The molecule has 0 amide bonds. The van der Waals surface area contributed by atoms with Crippen LogP contribution in [0.15, 0.2) is 62.5 Å². The monoisotopic (exact) mass is 774 g/mol. The van der Waals surface area contributed by atoms with Gasteiger partial charge in [0.15, 0.2) is 23.2 Å². The Morgan fingerprint density at radius 2 is 1.40 bits per heavy atom. The maximum Gasteiger partial charge on any atom is 0.338 e. The van der Waals surface area contributed by atoms with E-state index in [-0.39, 0.29) is 27.2 Å². The van der Waals surface area contributed by atoms with Crippen molar-refractivity contribution in [3.63, 3.8) is 0 Å². The molecule has 2 aromatic carbocycles. The summed E-state index contributed by atoms with van der Waals surface area (Å²) in [6, 6.07) is 9.32. The summed E-state index contributed by atoms with van der Waals surface area (Å²) in [4.78, 5) is 62.8. The van der Waals surface area contributed by atoms with Crippen molar-refractivity contribution < 1.29 is 43.2 Å². The second-order valence-electron chi connectivity index (χ2n) is 8.55. The van der Waals surface area contributed by atoms with Crippen LogP contribution in [0.3, 0.4) is 0 Å². The predicted octanol–water partition coefficient (Wildman–Crippen LogP) is 4.90. The highest BCUT2D eigenvalue weighted by atomic mass is 79.9. The van der Waals surface area contributed by atoms with Gasteiger partial charge in [0.05, 0.1) is 21.0 Å². The standard InChI is InChI=1S/C24H17Br3N4O11/c1-11(32)40-18-17(42-23(34)13-4-8-15(9-5-13)31(37)38)16(41-21(18)29-20(26)19(25)28-24(29)27)10-39-22(33)12-2-6-14(7-3-12)30(35)36/h2-9,16-18,21H,10H2,1H3/t16-,17+,18-,21-/m1/s1. The molecule has 0 bridgehead atoms. The van der Waals surface area contributed by atoms with Crippen LogP contribution in [0.25, 0.3) is 0 Å². The Morgan fingerprint density at radius 1 is 0.881 bits per heavy atom. The van der Waals surface area contributed by atoms with E-state index < -0.39 is 58.9 Å². The summed E-state index contributed by atoms with van der Waals surface area (Å²) in [6.07, 6.45) is -4.95. The number of hydrogen-bond donors (Lipinski definition) is 0. The molecule has 0 saturated carbocycles. The first-order valence-corrected chi connectivity index (χ1v) is 14.0. The summed E-state index contributed by atoms with van der Waals surface area (Å²) in [5.41, 5.74) is -0.501. The van der Waals surface area contributed by atoms with Gasteiger partial charge in [-0.2, -0.15) is 0 Å². The Kier molecular flexibility index (Phi) is 9.70. The second-order valence-corrected chi connectivity index (χ2v) is 10.8. The summed E-state index contributed by atoms with van der Waals surface area (Å²) in [5, 5.41) is 21.9. The van der Waals surface area contributed by atoms with Crippen molar-refractivity contribution in [3.05, 3.63) is 93.8 Å². The fourth-order valence-corrected chi connectivity index (χ4v) is 5.81. The number of carbonyl (C=O) groups excluding carboxylic acids is 3. The van der Waals surface area contributed by atoms with Gasteiger partial charge in [0.25, 0.3) is 11.4 Å². The van der Waals surface area contributed by atoms with Crippen LogP contribution < -0.4 is 0 Å². The van der Waals surface area contributed by atoms with E-state index in [2.05, 4.69) is 52.8 Å². The Balaban J connectivity index is 1.64. The SMILES string of the molecule is CC(=O)O[C@@H]1[C@@H](OC(=O)c2ccc([N+](=O)[O-])cc2)[C@@H](COC(=O)c2ccc([N+](=O)[O-])cc2)O[C@H]1n1c(Br)nc(Br)c1Br. The molecule has 0 spiro atoms. The van der Waals surface area contributed by atoms with Gasteiger partial charge in [-0.1, -0.05) is 0 Å². The molecular formula is C24H17Br3N4O11. The molecule has 0 aliphatic carbocycles. The van der Waals surface area contributed by atoms with Crippen molar-refractivity contribution in [1.82, 2.24) is 9.55 Å². The van der Waals surface area contributed by atoms with Crippen LogP contribution in [-0.4, -0.2) is 62.2 Å². The number of hydrogen-bond acceptors (Lipinski definition) is 12. The zero-order valence-electron chi connectivity index (χ0n) is 21.0. The van der Waals surface area contributed by atoms with Crippen molar-refractivity contribution in [2.45, 2.75) is 31.5 Å². The van der Waals surface area contributed by atoms with Crippen molar-refractivity contribution in [1.29, 1.82) is 0 Å². The molecule has 42 heavy (non-hydrogen) atoms. The molecule has 15 nitrogen and oxygen atoms in total. The lowest BCUT2D eigenvalue weighted by atomic mass is 10.1. The van der Waals surface area contributed by atoms with Gasteiger partial charge in [-0.05, 0) is 72.1 Å². The number of carbonyl (C=O) groups is 3. The molecule has 1 fully saturated rings. The predicted molar refractivity (Wildman–Crippen MR) is 150 cm³/mol. The Labute approximate surface area is 260 Å². The minimum atomic E-state index is -1.34. The van der Waals surface area contributed by atoms with Crippen LogP contribution in [-0.2, 0) is 23.7 Å². The smallest absolute Gasteiger partial charge is 0.338 e. The molecule has 3 aromatic rings. The molecule has 0 unspecified atom stereocenters. The zero-order valence-corrected chi connectivity index (χ0v) is 25.8. The lowest BCUT2D eigenvalue weighted by Crippen LogP contribution is -2.41.